The third kappa shape index (κ3) is 4.34. The lowest BCUT2D eigenvalue weighted by atomic mass is 10.1. The minimum atomic E-state index is -4.05. The van der Waals surface area contributed by atoms with Crippen molar-refractivity contribution in [3.63, 3.8) is 0 Å². The first-order valence-corrected chi connectivity index (χ1v) is 8.29. The summed E-state index contributed by atoms with van der Waals surface area (Å²) in [6.45, 7) is 3.84. The number of nitrogens with two attached hydrogens (primary N) is 1. The molecule has 0 heterocycles. The van der Waals surface area contributed by atoms with E-state index in [1.165, 1.54) is 6.07 Å². The van der Waals surface area contributed by atoms with Gasteiger partial charge in [0.1, 0.15) is 4.90 Å². The van der Waals surface area contributed by atoms with E-state index in [0.717, 1.165) is 18.9 Å². The Hall–Kier alpha value is -0.820. The average molecular weight is 339 g/mol. The van der Waals surface area contributed by atoms with Crippen molar-refractivity contribution < 1.29 is 13.2 Å². The maximum atomic E-state index is 12.1. The Kier molecular flexibility index (Phi) is 5.82. The summed E-state index contributed by atoms with van der Waals surface area (Å²) in [6, 6.07) is 2.37. The monoisotopic (exact) mass is 338 g/mol. The third-order valence-electron chi connectivity index (χ3n) is 2.65. The molecule has 0 aromatic heterocycles. The van der Waals surface area contributed by atoms with Gasteiger partial charge in [-0.05, 0) is 25.5 Å². The van der Waals surface area contributed by atoms with Crippen molar-refractivity contribution in [3.05, 3.63) is 27.7 Å². The van der Waals surface area contributed by atoms with Crippen LogP contribution in [-0.2, 0) is 10.0 Å². The second-order valence-electron chi connectivity index (χ2n) is 4.47. The molecule has 8 heteroatoms. The van der Waals surface area contributed by atoms with E-state index in [1.807, 2.05) is 13.8 Å². The van der Waals surface area contributed by atoms with E-state index in [-0.39, 0.29) is 26.5 Å². The second kappa shape index (κ2) is 6.76. The van der Waals surface area contributed by atoms with Crippen LogP contribution < -0.4 is 10.5 Å². The Labute approximate surface area is 128 Å². The molecule has 0 saturated carbocycles. The number of rotatable bonds is 5. The standard InChI is InChI=1S/C12H16Cl2N2O3S/c1-3-4-7(2)16-12(17)9-5-8(13)6-10(11(9)14)20(15,18)19/h5-7H,3-4H2,1-2H3,(H,16,17)(H2,15,18,19). The van der Waals surface area contributed by atoms with Gasteiger partial charge in [0.25, 0.3) is 5.91 Å². The van der Waals surface area contributed by atoms with Crippen molar-refractivity contribution >= 4 is 39.1 Å². The lowest BCUT2D eigenvalue weighted by Crippen LogP contribution is -2.32. The lowest BCUT2D eigenvalue weighted by molar-refractivity contribution is 0.0938. The van der Waals surface area contributed by atoms with Crippen LogP contribution in [0.2, 0.25) is 10.0 Å². The second-order valence-corrected chi connectivity index (χ2v) is 6.82. The normalized spacial score (nSPS) is 13.1. The van der Waals surface area contributed by atoms with Gasteiger partial charge >= 0.3 is 0 Å². The summed E-state index contributed by atoms with van der Waals surface area (Å²) in [7, 11) is -4.05. The largest absolute Gasteiger partial charge is 0.350 e. The minimum Gasteiger partial charge on any atom is -0.350 e. The highest BCUT2D eigenvalue weighted by Gasteiger charge is 2.21. The molecule has 1 aromatic carbocycles. The van der Waals surface area contributed by atoms with Crippen LogP contribution in [-0.4, -0.2) is 20.4 Å². The quantitative estimate of drug-likeness (QED) is 0.864. The van der Waals surface area contributed by atoms with E-state index in [0.29, 0.717) is 0 Å². The fourth-order valence-corrected chi connectivity index (χ4v) is 3.19. The van der Waals surface area contributed by atoms with Gasteiger partial charge in [-0.3, -0.25) is 4.79 Å². The number of nitrogens with one attached hydrogen (secondary N) is 1. The molecular weight excluding hydrogens is 323 g/mol. The van der Waals surface area contributed by atoms with Crippen molar-refractivity contribution in [2.75, 3.05) is 0 Å². The Morgan fingerprint density at radius 3 is 2.50 bits per heavy atom. The maximum absolute atomic E-state index is 12.1. The van der Waals surface area contributed by atoms with Gasteiger partial charge in [-0.25, -0.2) is 13.6 Å². The van der Waals surface area contributed by atoms with Crippen molar-refractivity contribution in [1.82, 2.24) is 5.32 Å². The van der Waals surface area contributed by atoms with Crippen LogP contribution in [0.4, 0.5) is 0 Å². The summed E-state index contributed by atoms with van der Waals surface area (Å²) in [5, 5.41) is 7.62. The highest BCUT2D eigenvalue weighted by atomic mass is 35.5. The number of carbonyl (C=O) groups is 1. The van der Waals surface area contributed by atoms with E-state index < -0.39 is 15.9 Å². The predicted octanol–water partition coefficient (Wildman–Crippen LogP) is 2.56. The van der Waals surface area contributed by atoms with E-state index in [1.54, 1.807) is 0 Å². The molecule has 20 heavy (non-hydrogen) atoms. The molecule has 0 aliphatic carbocycles. The summed E-state index contributed by atoms with van der Waals surface area (Å²) >= 11 is 11.8. The van der Waals surface area contributed by atoms with E-state index in [9.17, 15) is 13.2 Å². The van der Waals surface area contributed by atoms with Crippen LogP contribution in [0, 0.1) is 0 Å². The van der Waals surface area contributed by atoms with Gasteiger partial charge in [0.05, 0.1) is 10.6 Å². The maximum Gasteiger partial charge on any atom is 0.253 e. The van der Waals surface area contributed by atoms with Gasteiger partial charge in [-0.1, -0.05) is 36.5 Å². The molecule has 0 bridgehead atoms. The molecule has 0 radical (unpaired) electrons. The van der Waals surface area contributed by atoms with Gasteiger partial charge in [0.2, 0.25) is 10.0 Å². The van der Waals surface area contributed by atoms with Crippen LogP contribution in [0.3, 0.4) is 0 Å². The molecule has 3 N–H and O–H groups in total. The molecule has 0 aliphatic heterocycles. The van der Waals surface area contributed by atoms with E-state index in [2.05, 4.69) is 5.32 Å². The van der Waals surface area contributed by atoms with Crippen LogP contribution in [0.15, 0.2) is 17.0 Å². The molecular formula is C12H16Cl2N2O3S. The molecule has 1 amide bonds. The van der Waals surface area contributed by atoms with Gasteiger partial charge < -0.3 is 5.32 Å². The summed E-state index contributed by atoms with van der Waals surface area (Å²) in [6.07, 6.45) is 1.71. The van der Waals surface area contributed by atoms with Crippen molar-refractivity contribution in [2.24, 2.45) is 5.14 Å². The molecule has 112 valence electrons. The summed E-state index contributed by atoms with van der Waals surface area (Å²) in [5.41, 5.74) is -0.00820. The van der Waals surface area contributed by atoms with Gasteiger partial charge in [0.15, 0.2) is 0 Å². The number of amides is 1. The predicted molar refractivity (Wildman–Crippen MR) is 79.7 cm³/mol. The van der Waals surface area contributed by atoms with E-state index >= 15 is 0 Å². The first kappa shape index (κ1) is 17.2. The highest BCUT2D eigenvalue weighted by molar-refractivity contribution is 7.89. The number of hydrogen-bond acceptors (Lipinski definition) is 3. The number of benzene rings is 1. The SMILES string of the molecule is CCCC(C)NC(=O)c1cc(Cl)cc(S(N)(=O)=O)c1Cl. The molecule has 1 atom stereocenters. The van der Waals surface area contributed by atoms with Crippen molar-refractivity contribution in [1.29, 1.82) is 0 Å². The van der Waals surface area contributed by atoms with Crippen LogP contribution in [0.1, 0.15) is 37.0 Å². The zero-order valence-corrected chi connectivity index (χ0v) is 13.4. The average Bonchev–Trinajstić information content (AvgIpc) is 2.30. The molecule has 0 fully saturated rings. The Morgan fingerprint density at radius 1 is 1.40 bits per heavy atom. The Morgan fingerprint density at radius 2 is 2.00 bits per heavy atom. The number of carbonyl (C=O) groups excluding carboxylic acids is 1. The molecule has 0 saturated heterocycles. The molecule has 1 aromatic rings. The first-order valence-electron chi connectivity index (χ1n) is 5.99. The number of primary sulfonamides is 1. The molecule has 1 unspecified atom stereocenters. The minimum absolute atomic E-state index is 0.00820. The summed E-state index contributed by atoms with van der Waals surface area (Å²) in [4.78, 5) is 11.7. The zero-order chi connectivity index (χ0) is 15.5. The zero-order valence-electron chi connectivity index (χ0n) is 11.1. The fourth-order valence-electron chi connectivity index (χ4n) is 1.74. The summed E-state index contributed by atoms with van der Waals surface area (Å²) in [5.74, 6) is -0.483. The fraction of sp³-hybridized carbons (Fsp3) is 0.417. The van der Waals surface area contributed by atoms with Crippen LogP contribution in [0.5, 0.6) is 0 Å². The summed E-state index contributed by atoms with van der Waals surface area (Å²) < 4.78 is 22.8. The number of halogens is 2. The topological polar surface area (TPSA) is 89.3 Å². The van der Waals surface area contributed by atoms with Crippen LogP contribution >= 0.6 is 23.2 Å². The van der Waals surface area contributed by atoms with Gasteiger partial charge in [0, 0.05) is 11.1 Å². The third-order valence-corrected chi connectivity index (χ3v) is 4.33. The smallest absolute Gasteiger partial charge is 0.253 e. The van der Waals surface area contributed by atoms with Crippen molar-refractivity contribution in [2.45, 2.75) is 37.6 Å². The number of sulfonamides is 1. The highest BCUT2D eigenvalue weighted by Crippen LogP contribution is 2.28. The molecule has 1 rings (SSSR count). The Balaban J connectivity index is 3.19. The van der Waals surface area contributed by atoms with E-state index in [4.69, 9.17) is 28.3 Å². The number of hydrogen-bond donors (Lipinski definition) is 2. The molecule has 5 nitrogen and oxygen atoms in total. The van der Waals surface area contributed by atoms with Gasteiger partial charge in [-0.2, -0.15) is 0 Å². The van der Waals surface area contributed by atoms with Crippen LogP contribution in [0.25, 0.3) is 0 Å². The Bertz CT molecular complexity index is 617. The van der Waals surface area contributed by atoms with Gasteiger partial charge in [-0.15, -0.1) is 0 Å². The molecule has 0 aliphatic rings. The molecule has 0 spiro atoms. The van der Waals surface area contributed by atoms with Crippen molar-refractivity contribution in [3.8, 4) is 0 Å². The lowest BCUT2D eigenvalue weighted by Gasteiger charge is -2.14. The first-order chi connectivity index (χ1) is 9.16.